The number of fused-ring (bicyclic) bond motifs is 1. The maximum atomic E-state index is 4.12. The Bertz CT molecular complexity index is 213. The van der Waals surface area contributed by atoms with Gasteiger partial charge in [0, 0.05) is 0 Å². The SMILES string of the molecule is C1=CC2NC=NCC2=CC1. The van der Waals surface area contributed by atoms with Crippen molar-refractivity contribution < 1.29 is 0 Å². The Kier molecular flexibility index (Phi) is 1.31. The summed E-state index contributed by atoms with van der Waals surface area (Å²) in [6.45, 7) is 0.877. The van der Waals surface area contributed by atoms with Crippen LogP contribution in [0.25, 0.3) is 0 Å². The lowest BCUT2D eigenvalue weighted by atomic mass is 10.00. The van der Waals surface area contributed by atoms with E-state index in [0.717, 1.165) is 13.0 Å². The molecule has 1 N–H and O–H groups in total. The lowest BCUT2D eigenvalue weighted by Gasteiger charge is -2.22. The molecule has 0 saturated carbocycles. The van der Waals surface area contributed by atoms with Crippen molar-refractivity contribution in [2.45, 2.75) is 12.5 Å². The summed E-state index contributed by atoms with van der Waals surface area (Å²) < 4.78 is 0. The third-order valence-electron chi connectivity index (χ3n) is 1.86. The third-order valence-corrected chi connectivity index (χ3v) is 1.86. The second-order valence-electron chi connectivity index (χ2n) is 2.56. The molecule has 0 aromatic carbocycles. The molecule has 0 saturated heterocycles. The first kappa shape index (κ1) is 5.71. The van der Waals surface area contributed by atoms with Crippen LogP contribution in [0.1, 0.15) is 6.42 Å². The molecule has 0 radical (unpaired) electrons. The summed E-state index contributed by atoms with van der Waals surface area (Å²) in [5.41, 5.74) is 1.41. The second kappa shape index (κ2) is 2.29. The summed E-state index contributed by atoms with van der Waals surface area (Å²) in [6.07, 6.45) is 9.48. The van der Waals surface area contributed by atoms with Crippen LogP contribution in [-0.2, 0) is 0 Å². The van der Waals surface area contributed by atoms with Gasteiger partial charge in [0.25, 0.3) is 0 Å². The molecular weight excluding hydrogens is 124 g/mol. The summed E-state index contributed by atoms with van der Waals surface area (Å²) in [6, 6.07) is 0.436. The van der Waals surface area contributed by atoms with Gasteiger partial charge in [-0.1, -0.05) is 18.2 Å². The quantitative estimate of drug-likeness (QED) is 0.488. The van der Waals surface area contributed by atoms with E-state index in [2.05, 4.69) is 28.5 Å². The van der Waals surface area contributed by atoms with Gasteiger partial charge in [0.2, 0.25) is 0 Å². The van der Waals surface area contributed by atoms with Crippen LogP contribution >= 0.6 is 0 Å². The van der Waals surface area contributed by atoms with Crippen molar-refractivity contribution in [1.82, 2.24) is 5.32 Å². The number of hydrogen-bond acceptors (Lipinski definition) is 2. The fourth-order valence-electron chi connectivity index (χ4n) is 1.29. The van der Waals surface area contributed by atoms with Crippen molar-refractivity contribution in [1.29, 1.82) is 0 Å². The Morgan fingerprint density at radius 3 is 3.50 bits per heavy atom. The molecular formula is C8H10N2. The van der Waals surface area contributed by atoms with E-state index in [4.69, 9.17) is 0 Å². The zero-order valence-electron chi connectivity index (χ0n) is 5.75. The first-order chi connectivity index (χ1) is 4.97. The van der Waals surface area contributed by atoms with Crippen molar-refractivity contribution in [3.8, 4) is 0 Å². The van der Waals surface area contributed by atoms with Crippen molar-refractivity contribution >= 4 is 6.34 Å². The second-order valence-corrected chi connectivity index (χ2v) is 2.56. The molecule has 1 heterocycles. The van der Waals surface area contributed by atoms with E-state index in [9.17, 15) is 0 Å². The van der Waals surface area contributed by atoms with Gasteiger partial charge in [0.05, 0.1) is 18.9 Å². The topological polar surface area (TPSA) is 24.4 Å². The highest BCUT2D eigenvalue weighted by atomic mass is 15.0. The minimum Gasteiger partial charge on any atom is -0.366 e. The highest BCUT2D eigenvalue weighted by molar-refractivity contribution is 5.59. The van der Waals surface area contributed by atoms with Gasteiger partial charge in [0.15, 0.2) is 0 Å². The van der Waals surface area contributed by atoms with Crippen LogP contribution in [0.3, 0.4) is 0 Å². The lowest BCUT2D eigenvalue weighted by molar-refractivity contribution is 0.768. The molecule has 0 bridgehead atoms. The van der Waals surface area contributed by atoms with E-state index in [-0.39, 0.29) is 0 Å². The average molecular weight is 134 g/mol. The first-order valence-electron chi connectivity index (χ1n) is 3.57. The summed E-state index contributed by atoms with van der Waals surface area (Å²) >= 11 is 0. The van der Waals surface area contributed by atoms with Gasteiger partial charge in [-0.25, -0.2) is 0 Å². The van der Waals surface area contributed by atoms with Crippen molar-refractivity contribution in [3.63, 3.8) is 0 Å². The molecule has 1 aliphatic carbocycles. The molecule has 2 rings (SSSR count). The number of nitrogens with one attached hydrogen (secondary N) is 1. The van der Waals surface area contributed by atoms with Crippen LogP contribution in [0, 0.1) is 0 Å². The molecule has 2 heteroatoms. The highest BCUT2D eigenvalue weighted by Crippen LogP contribution is 2.13. The highest BCUT2D eigenvalue weighted by Gasteiger charge is 2.13. The van der Waals surface area contributed by atoms with Gasteiger partial charge in [0.1, 0.15) is 0 Å². The minimum absolute atomic E-state index is 0.436. The number of aliphatic imine (C=N–C) groups is 1. The molecule has 1 aliphatic heterocycles. The smallest absolute Gasteiger partial charge is 0.0835 e. The average Bonchev–Trinajstić information content (AvgIpc) is 2.05. The molecule has 0 spiro atoms. The molecule has 2 aliphatic rings. The van der Waals surface area contributed by atoms with E-state index in [1.807, 2.05) is 0 Å². The van der Waals surface area contributed by atoms with E-state index in [1.54, 1.807) is 6.34 Å². The Balaban J connectivity index is 2.23. The number of allylic oxidation sites excluding steroid dienone is 2. The van der Waals surface area contributed by atoms with Crippen molar-refractivity contribution in [2.75, 3.05) is 6.54 Å². The van der Waals surface area contributed by atoms with E-state index in [1.165, 1.54) is 5.57 Å². The maximum Gasteiger partial charge on any atom is 0.0835 e. The van der Waals surface area contributed by atoms with Gasteiger partial charge >= 0.3 is 0 Å². The van der Waals surface area contributed by atoms with Gasteiger partial charge in [-0.05, 0) is 12.0 Å². The third kappa shape index (κ3) is 0.856. The molecule has 0 amide bonds. The first-order valence-corrected chi connectivity index (χ1v) is 3.57. The molecule has 10 heavy (non-hydrogen) atoms. The fraction of sp³-hybridized carbons (Fsp3) is 0.375. The van der Waals surface area contributed by atoms with Gasteiger partial charge in [-0.2, -0.15) is 0 Å². The predicted octanol–water partition coefficient (Wildman–Crippen LogP) is 0.873. The molecule has 1 unspecified atom stereocenters. The van der Waals surface area contributed by atoms with Crippen molar-refractivity contribution in [3.05, 3.63) is 23.8 Å². The van der Waals surface area contributed by atoms with Crippen LogP contribution in [-0.4, -0.2) is 18.9 Å². The maximum absolute atomic E-state index is 4.12. The van der Waals surface area contributed by atoms with Crippen LogP contribution in [0.15, 0.2) is 28.8 Å². The zero-order chi connectivity index (χ0) is 6.81. The Morgan fingerprint density at radius 1 is 1.60 bits per heavy atom. The molecule has 1 atom stereocenters. The Hall–Kier alpha value is -1.05. The van der Waals surface area contributed by atoms with Crippen LogP contribution in [0.5, 0.6) is 0 Å². The number of nitrogens with zero attached hydrogens (tertiary/aromatic N) is 1. The standard InChI is InChI=1S/C8H10N2/c1-2-4-8-7(3-1)5-9-6-10-8/h2-4,6,8H,1,5H2,(H,9,10). The molecule has 0 aromatic rings. The van der Waals surface area contributed by atoms with E-state index < -0.39 is 0 Å². The molecule has 52 valence electrons. The summed E-state index contributed by atoms with van der Waals surface area (Å²) in [5, 5.41) is 3.17. The normalized spacial score (nSPS) is 28.8. The largest absolute Gasteiger partial charge is 0.366 e. The Morgan fingerprint density at radius 2 is 2.60 bits per heavy atom. The Labute approximate surface area is 60.3 Å². The summed E-state index contributed by atoms with van der Waals surface area (Å²) in [4.78, 5) is 4.12. The summed E-state index contributed by atoms with van der Waals surface area (Å²) in [7, 11) is 0. The predicted molar refractivity (Wildman–Crippen MR) is 42.1 cm³/mol. The van der Waals surface area contributed by atoms with Crippen molar-refractivity contribution in [2.24, 2.45) is 4.99 Å². The van der Waals surface area contributed by atoms with Gasteiger partial charge < -0.3 is 5.32 Å². The summed E-state index contributed by atoms with van der Waals surface area (Å²) in [5.74, 6) is 0. The fourth-order valence-corrected chi connectivity index (χ4v) is 1.29. The van der Waals surface area contributed by atoms with Gasteiger partial charge in [-0.3, -0.25) is 4.99 Å². The van der Waals surface area contributed by atoms with Crippen LogP contribution in [0.4, 0.5) is 0 Å². The van der Waals surface area contributed by atoms with Gasteiger partial charge in [-0.15, -0.1) is 0 Å². The number of rotatable bonds is 0. The zero-order valence-corrected chi connectivity index (χ0v) is 5.75. The lowest BCUT2D eigenvalue weighted by Crippen LogP contribution is -2.33. The molecule has 2 nitrogen and oxygen atoms in total. The minimum atomic E-state index is 0.436. The van der Waals surface area contributed by atoms with E-state index >= 15 is 0 Å². The van der Waals surface area contributed by atoms with E-state index in [0.29, 0.717) is 6.04 Å². The molecule has 0 aromatic heterocycles. The molecule has 0 fully saturated rings. The van der Waals surface area contributed by atoms with Crippen LogP contribution < -0.4 is 5.32 Å². The van der Waals surface area contributed by atoms with Crippen LogP contribution in [0.2, 0.25) is 0 Å². The number of hydrogen-bond donors (Lipinski definition) is 1. The monoisotopic (exact) mass is 134 g/mol.